The molecule has 1 atom stereocenters. The van der Waals surface area contributed by atoms with Crippen LogP contribution in [0.1, 0.15) is 41.0 Å². The second-order valence-electron chi connectivity index (χ2n) is 3.63. The van der Waals surface area contributed by atoms with Crippen molar-refractivity contribution < 1.29 is 0 Å². The normalized spacial score (nSPS) is 14.8. The predicted molar refractivity (Wildman–Crippen MR) is 60.0 cm³/mol. The Labute approximate surface area is 83.1 Å². The molecule has 0 saturated heterocycles. The zero-order chi connectivity index (χ0) is 9.72. The van der Waals surface area contributed by atoms with Gasteiger partial charge in [0.05, 0.1) is 7.43 Å². The lowest BCUT2D eigenvalue weighted by Crippen LogP contribution is -2.31. The topological polar surface area (TPSA) is 3.24 Å². The van der Waals surface area contributed by atoms with Gasteiger partial charge in [0.15, 0.2) is 0 Å². The molecule has 0 aromatic heterocycles. The molecule has 0 rings (SSSR count). The van der Waals surface area contributed by atoms with E-state index < -0.39 is 7.43 Å². The van der Waals surface area contributed by atoms with Gasteiger partial charge in [0.25, 0.3) is 0 Å². The minimum atomic E-state index is -0.417. The Kier molecular flexibility index (Phi) is 6.53. The molecule has 3 heteroatoms. The maximum atomic E-state index is 6.33. The third kappa shape index (κ3) is 4.07. The van der Waals surface area contributed by atoms with Crippen molar-refractivity contribution in [3.05, 3.63) is 0 Å². The van der Waals surface area contributed by atoms with Crippen LogP contribution in [0.15, 0.2) is 0 Å². The van der Waals surface area contributed by atoms with Crippen LogP contribution >= 0.6 is 18.7 Å². The molecule has 0 aliphatic carbocycles. The van der Waals surface area contributed by atoms with E-state index in [4.69, 9.17) is 11.2 Å². The summed E-state index contributed by atoms with van der Waals surface area (Å²) in [5, 5.41) is 0. The van der Waals surface area contributed by atoms with E-state index >= 15 is 0 Å². The zero-order valence-corrected chi connectivity index (χ0v) is 10.5. The molecule has 74 valence electrons. The van der Waals surface area contributed by atoms with E-state index in [9.17, 15) is 0 Å². The first-order valence-electron chi connectivity index (χ1n) is 4.72. The van der Waals surface area contributed by atoms with Crippen LogP contribution in [-0.2, 0) is 0 Å². The highest BCUT2D eigenvalue weighted by Gasteiger charge is 2.20. The molecule has 0 N–H and O–H groups in total. The molecule has 0 radical (unpaired) electrons. The fourth-order valence-corrected chi connectivity index (χ4v) is 4.55. The second-order valence-corrected chi connectivity index (χ2v) is 6.38. The summed E-state index contributed by atoms with van der Waals surface area (Å²) in [6.07, 6.45) is 2.33. The average Bonchev–Trinajstić information content (AvgIpc) is 1.85. The Morgan fingerprint density at radius 3 is 1.83 bits per heavy atom. The number of halogens is 1. The standard InChI is InChI=1S/C9H21ClNP/c1-6-7-12(10)11(8(2)3)9(4)5/h8-9H,6-7H2,1-5H3. The lowest BCUT2D eigenvalue weighted by Gasteiger charge is -2.34. The van der Waals surface area contributed by atoms with Crippen LogP contribution in [0.5, 0.6) is 0 Å². The van der Waals surface area contributed by atoms with Crippen LogP contribution in [0.3, 0.4) is 0 Å². The van der Waals surface area contributed by atoms with E-state index in [1.165, 1.54) is 6.42 Å². The average molecular weight is 210 g/mol. The Balaban J connectivity index is 4.09. The first-order chi connectivity index (χ1) is 5.50. The zero-order valence-electron chi connectivity index (χ0n) is 8.84. The molecule has 0 saturated carbocycles. The summed E-state index contributed by atoms with van der Waals surface area (Å²) in [6.45, 7) is 11.1. The van der Waals surface area contributed by atoms with Gasteiger partial charge in [-0.25, -0.2) is 0 Å². The van der Waals surface area contributed by atoms with Gasteiger partial charge in [-0.2, -0.15) is 0 Å². The highest BCUT2D eigenvalue weighted by molar-refractivity contribution is 7.82. The molecule has 0 aliphatic heterocycles. The van der Waals surface area contributed by atoms with Gasteiger partial charge in [0.1, 0.15) is 0 Å². The third-order valence-electron chi connectivity index (χ3n) is 1.72. The van der Waals surface area contributed by atoms with Crippen molar-refractivity contribution in [2.75, 3.05) is 6.16 Å². The molecule has 1 nitrogen and oxygen atoms in total. The lowest BCUT2D eigenvalue weighted by atomic mass is 10.3. The molecule has 0 aliphatic rings. The number of hydrogen-bond donors (Lipinski definition) is 0. The van der Waals surface area contributed by atoms with E-state index in [0.717, 1.165) is 6.16 Å². The van der Waals surface area contributed by atoms with Crippen LogP contribution in [0.2, 0.25) is 0 Å². The van der Waals surface area contributed by atoms with Crippen molar-refractivity contribution >= 4 is 18.7 Å². The van der Waals surface area contributed by atoms with Crippen molar-refractivity contribution in [3.8, 4) is 0 Å². The Morgan fingerprint density at radius 1 is 1.17 bits per heavy atom. The summed E-state index contributed by atoms with van der Waals surface area (Å²) in [6, 6.07) is 1.14. The maximum Gasteiger partial charge on any atom is 0.0630 e. The monoisotopic (exact) mass is 209 g/mol. The smallest absolute Gasteiger partial charge is 0.0630 e. The summed E-state index contributed by atoms with van der Waals surface area (Å²) in [7, 11) is -0.417. The molecular weight excluding hydrogens is 189 g/mol. The summed E-state index contributed by atoms with van der Waals surface area (Å²) >= 11 is 6.33. The van der Waals surface area contributed by atoms with E-state index in [1.54, 1.807) is 0 Å². The molecule has 12 heavy (non-hydrogen) atoms. The fourth-order valence-electron chi connectivity index (χ4n) is 1.40. The number of hydrogen-bond acceptors (Lipinski definition) is 1. The molecule has 0 aromatic carbocycles. The molecule has 0 bridgehead atoms. The minimum Gasteiger partial charge on any atom is -0.265 e. The number of nitrogens with zero attached hydrogens (tertiary/aromatic N) is 1. The lowest BCUT2D eigenvalue weighted by molar-refractivity contribution is 0.326. The van der Waals surface area contributed by atoms with Gasteiger partial charge < -0.3 is 0 Å². The van der Waals surface area contributed by atoms with Crippen molar-refractivity contribution in [3.63, 3.8) is 0 Å². The SMILES string of the molecule is CCCP(Cl)N(C(C)C)C(C)C. The second kappa shape index (κ2) is 6.18. The van der Waals surface area contributed by atoms with Crippen molar-refractivity contribution in [1.29, 1.82) is 0 Å². The van der Waals surface area contributed by atoms with Crippen LogP contribution in [0.4, 0.5) is 0 Å². The van der Waals surface area contributed by atoms with Gasteiger partial charge in [-0.15, -0.1) is 0 Å². The molecule has 0 fully saturated rings. The van der Waals surface area contributed by atoms with Crippen LogP contribution < -0.4 is 0 Å². The summed E-state index contributed by atoms with van der Waals surface area (Å²) in [5.74, 6) is 0. The van der Waals surface area contributed by atoms with Crippen LogP contribution in [-0.4, -0.2) is 22.9 Å². The van der Waals surface area contributed by atoms with Gasteiger partial charge in [0, 0.05) is 12.1 Å². The summed E-state index contributed by atoms with van der Waals surface area (Å²) < 4.78 is 2.42. The van der Waals surface area contributed by atoms with Crippen molar-refractivity contribution in [2.24, 2.45) is 0 Å². The van der Waals surface area contributed by atoms with E-state index in [1.807, 2.05) is 0 Å². The highest BCUT2D eigenvalue weighted by atomic mass is 35.7. The summed E-state index contributed by atoms with van der Waals surface area (Å²) in [4.78, 5) is 0. The van der Waals surface area contributed by atoms with Gasteiger partial charge in [-0.1, -0.05) is 18.2 Å². The van der Waals surface area contributed by atoms with Crippen molar-refractivity contribution in [2.45, 2.75) is 53.1 Å². The molecule has 0 amide bonds. The first kappa shape index (κ1) is 12.7. The van der Waals surface area contributed by atoms with Crippen LogP contribution in [0, 0.1) is 0 Å². The van der Waals surface area contributed by atoms with Gasteiger partial charge >= 0.3 is 0 Å². The van der Waals surface area contributed by atoms with E-state index in [0.29, 0.717) is 12.1 Å². The first-order valence-corrected chi connectivity index (χ1v) is 7.10. The Morgan fingerprint density at radius 2 is 1.58 bits per heavy atom. The highest BCUT2D eigenvalue weighted by Crippen LogP contribution is 2.48. The number of rotatable bonds is 5. The quantitative estimate of drug-likeness (QED) is 0.617. The fraction of sp³-hybridized carbons (Fsp3) is 1.00. The molecule has 1 unspecified atom stereocenters. The van der Waals surface area contributed by atoms with Crippen molar-refractivity contribution in [1.82, 2.24) is 4.67 Å². The summed E-state index contributed by atoms with van der Waals surface area (Å²) in [5.41, 5.74) is 0. The van der Waals surface area contributed by atoms with Gasteiger partial charge in [-0.3, -0.25) is 4.67 Å². The molecule has 0 spiro atoms. The maximum absolute atomic E-state index is 6.33. The molecule has 0 aromatic rings. The van der Waals surface area contributed by atoms with E-state index in [2.05, 4.69) is 39.3 Å². The Hall–Kier alpha value is 0.680. The third-order valence-corrected chi connectivity index (χ3v) is 4.99. The molecular formula is C9H21ClNP. The predicted octanol–water partition coefficient (Wildman–Crippen LogP) is 4.07. The largest absolute Gasteiger partial charge is 0.265 e. The molecule has 0 heterocycles. The van der Waals surface area contributed by atoms with E-state index in [-0.39, 0.29) is 0 Å². The van der Waals surface area contributed by atoms with Gasteiger partial charge in [-0.05, 0) is 40.3 Å². The minimum absolute atomic E-state index is 0.417. The Bertz CT molecular complexity index is 109. The van der Waals surface area contributed by atoms with Crippen LogP contribution in [0.25, 0.3) is 0 Å². The van der Waals surface area contributed by atoms with Gasteiger partial charge in [0.2, 0.25) is 0 Å².